The van der Waals surface area contributed by atoms with Crippen molar-refractivity contribution in [2.45, 2.75) is 39.2 Å². The van der Waals surface area contributed by atoms with Gasteiger partial charge in [0.15, 0.2) is 0 Å². The molecule has 0 aliphatic carbocycles. The SMILES string of the molecule is CCCCOC(=O)CCC(=O)OCc1ccc(I)cc1. The van der Waals surface area contributed by atoms with E-state index in [4.69, 9.17) is 9.47 Å². The minimum absolute atomic E-state index is 0.0648. The first kappa shape index (κ1) is 16.9. The molecule has 20 heavy (non-hydrogen) atoms. The van der Waals surface area contributed by atoms with Crippen LogP contribution in [0.1, 0.15) is 38.2 Å². The summed E-state index contributed by atoms with van der Waals surface area (Å²) in [5, 5.41) is 0. The number of esters is 2. The maximum absolute atomic E-state index is 11.5. The van der Waals surface area contributed by atoms with Gasteiger partial charge in [-0.3, -0.25) is 9.59 Å². The van der Waals surface area contributed by atoms with Crippen LogP contribution in [0.2, 0.25) is 0 Å². The third kappa shape index (κ3) is 7.47. The molecule has 0 aromatic heterocycles. The van der Waals surface area contributed by atoms with Crippen molar-refractivity contribution in [2.75, 3.05) is 6.61 Å². The molecule has 0 aliphatic heterocycles. The maximum Gasteiger partial charge on any atom is 0.306 e. The third-order valence-electron chi connectivity index (χ3n) is 2.61. The summed E-state index contributed by atoms with van der Waals surface area (Å²) in [6, 6.07) is 7.73. The molecule has 1 aromatic carbocycles. The zero-order chi connectivity index (χ0) is 14.8. The Morgan fingerprint density at radius 1 is 1.05 bits per heavy atom. The first-order chi connectivity index (χ1) is 9.61. The molecule has 0 fully saturated rings. The Hall–Kier alpha value is -1.11. The molecule has 0 N–H and O–H groups in total. The fraction of sp³-hybridized carbons (Fsp3) is 0.467. The minimum atomic E-state index is -0.379. The number of rotatable bonds is 8. The summed E-state index contributed by atoms with van der Waals surface area (Å²) in [5.41, 5.74) is 0.935. The lowest BCUT2D eigenvalue weighted by atomic mass is 10.2. The van der Waals surface area contributed by atoms with Gasteiger partial charge in [-0.25, -0.2) is 0 Å². The van der Waals surface area contributed by atoms with Gasteiger partial charge >= 0.3 is 11.9 Å². The molecule has 5 heteroatoms. The highest BCUT2D eigenvalue weighted by Crippen LogP contribution is 2.08. The smallest absolute Gasteiger partial charge is 0.306 e. The van der Waals surface area contributed by atoms with Crippen LogP contribution in [0, 0.1) is 3.57 Å². The number of halogens is 1. The largest absolute Gasteiger partial charge is 0.466 e. The quantitative estimate of drug-likeness (QED) is 0.388. The van der Waals surface area contributed by atoms with E-state index in [9.17, 15) is 9.59 Å². The molecule has 0 saturated carbocycles. The molecule has 0 aliphatic rings. The standard InChI is InChI=1S/C15H19IO4/c1-2-3-10-19-14(17)8-9-15(18)20-11-12-4-6-13(16)7-5-12/h4-7H,2-3,8-11H2,1H3. The highest BCUT2D eigenvalue weighted by Gasteiger charge is 2.09. The van der Waals surface area contributed by atoms with E-state index in [0.29, 0.717) is 6.61 Å². The summed E-state index contributed by atoms with van der Waals surface area (Å²) in [5.74, 6) is -0.722. The molecule has 0 saturated heterocycles. The van der Waals surface area contributed by atoms with Crippen LogP contribution in [0.5, 0.6) is 0 Å². The molecular formula is C15H19IO4. The highest BCUT2D eigenvalue weighted by atomic mass is 127. The summed E-state index contributed by atoms with van der Waals surface area (Å²) >= 11 is 2.21. The minimum Gasteiger partial charge on any atom is -0.466 e. The summed E-state index contributed by atoms with van der Waals surface area (Å²) in [6.45, 7) is 2.68. The zero-order valence-corrected chi connectivity index (χ0v) is 13.7. The number of hydrogen-bond donors (Lipinski definition) is 0. The van der Waals surface area contributed by atoms with Crippen molar-refractivity contribution in [3.63, 3.8) is 0 Å². The van der Waals surface area contributed by atoms with Crippen LogP contribution >= 0.6 is 22.6 Å². The fourth-order valence-corrected chi connectivity index (χ4v) is 1.78. The van der Waals surface area contributed by atoms with Crippen molar-refractivity contribution in [3.05, 3.63) is 33.4 Å². The normalized spacial score (nSPS) is 10.1. The Morgan fingerprint density at radius 2 is 1.65 bits per heavy atom. The molecule has 0 atom stereocenters. The van der Waals surface area contributed by atoms with Crippen LogP contribution in [0.3, 0.4) is 0 Å². The number of ether oxygens (including phenoxy) is 2. The molecule has 0 radical (unpaired) electrons. The van der Waals surface area contributed by atoms with Gasteiger partial charge in [0.2, 0.25) is 0 Å². The molecule has 1 rings (SSSR count). The van der Waals surface area contributed by atoms with Gasteiger partial charge < -0.3 is 9.47 Å². The van der Waals surface area contributed by atoms with Gasteiger partial charge in [-0.05, 0) is 46.7 Å². The second-order valence-corrected chi connectivity index (χ2v) is 5.61. The Kier molecular flexibility index (Phi) is 8.25. The molecule has 0 amide bonds. The van der Waals surface area contributed by atoms with Crippen LogP contribution < -0.4 is 0 Å². The Labute approximate surface area is 133 Å². The van der Waals surface area contributed by atoms with Gasteiger partial charge in [0, 0.05) is 3.57 Å². The summed E-state index contributed by atoms with van der Waals surface area (Å²) < 4.78 is 11.2. The number of hydrogen-bond acceptors (Lipinski definition) is 4. The lowest BCUT2D eigenvalue weighted by Crippen LogP contribution is -2.10. The maximum atomic E-state index is 11.5. The second-order valence-electron chi connectivity index (χ2n) is 4.36. The van der Waals surface area contributed by atoms with Crippen molar-refractivity contribution in [3.8, 4) is 0 Å². The molecular weight excluding hydrogens is 371 g/mol. The zero-order valence-electron chi connectivity index (χ0n) is 11.6. The monoisotopic (exact) mass is 390 g/mol. The molecule has 0 bridgehead atoms. The lowest BCUT2D eigenvalue weighted by molar-refractivity contribution is -0.151. The van der Waals surface area contributed by atoms with Crippen molar-refractivity contribution in [1.29, 1.82) is 0 Å². The van der Waals surface area contributed by atoms with Crippen molar-refractivity contribution < 1.29 is 19.1 Å². The van der Waals surface area contributed by atoms with E-state index >= 15 is 0 Å². The summed E-state index contributed by atoms with van der Waals surface area (Å²) in [7, 11) is 0. The van der Waals surface area contributed by atoms with Crippen molar-refractivity contribution >= 4 is 34.5 Å². The summed E-state index contributed by atoms with van der Waals surface area (Å²) in [6.07, 6.45) is 1.97. The molecule has 0 heterocycles. The molecule has 0 spiro atoms. The second kappa shape index (κ2) is 9.74. The predicted molar refractivity (Wildman–Crippen MR) is 84.1 cm³/mol. The van der Waals surface area contributed by atoms with Crippen LogP contribution in [0.4, 0.5) is 0 Å². The Morgan fingerprint density at radius 3 is 2.25 bits per heavy atom. The Balaban J connectivity index is 2.17. The van der Waals surface area contributed by atoms with E-state index in [1.807, 2.05) is 31.2 Å². The topological polar surface area (TPSA) is 52.6 Å². The Bertz CT molecular complexity index is 428. The van der Waals surface area contributed by atoms with Crippen molar-refractivity contribution in [1.82, 2.24) is 0 Å². The number of carbonyl (C=O) groups is 2. The van der Waals surface area contributed by atoms with E-state index < -0.39 is 0 Å². The van der Waals surface area contributed by atoms with Crippen LogP contribution in [0.25, 0.3) is 0 Å². The van der Waals surface area contributed by atoms with E-state index in [1.54, 1.807) is 0 Å². The van der Waals surface area contributed by atoms with Gasteiger partial charge in [-0.15, -0.1) is 0 Å². The van der Waals surface area contributed by atoms with Crippen molar-refractivity contribution in [2.24, 2.45) is 0 Å². The molecule has 4 nitrogen and oxygen atoms in total. The third-order valence-corrected chi connectivity index (χ3v) is 3.33. The van der Waals surface area contributed by atoms with Crippen LogP contribution in [0.15, 0.2) is 24.3 Å². The average molecular weight is 390 g/mol. The van der Waals surface area contributed by atoms with E-state index in [2.05, 4.69) is 22.6 Å². The molecule has 1 aromatic rings. The first-order valence-electron chi connectivity index (χ1n) is 6.67. The van der Waals surface area contributed by atoms with Gasteiger partial charge in [0.1, 0.15) is 6.61 Å². The van der Waals surface area contributed by atoms with Crippen LogP contribution in [-0.2, 0) is 25.7 Å². The number of benzene rings is 1. The fourth-order valence-electron chi connectivity index (χ4n) is 1.42. The van der Waals surface area contributed by atoms with E-state index in [-0.39, 0.29) is 31.4 Å². The average Bonchev–Trinajstić information content (AvgIpc) is 2.45. The lowest BCUT2D eigenvalue weighted by Gasteiger charge is -2.06. The highest BCUT2D eigenvalue weighted by molar-refractivity contribution is 14.1. The van der Waals surface area contributed by atoms with E-state index in [0.717, 1.165) is 22.0 Å². The molecule has 110 valence electrons. The van der Waals surface area contributed by atoms with E-state index in [1.165, 1.54) is 0 Å². The van der Waals surface area contributed by atoms with Crippen LogP contribution in [-0.4, -0.2) is 18.5 Å². The summed E-state index contributed by atoms with van der Waals surface area (Å²) in [4.78, 5) is 22.8. The number of unbranched alkanes of at least 4 members (excludes halogenated alkanes) is 1. The van der Waals surface area contributed by atoms with Gasteiger partial charge in [0.05, 0.1) is 19.4 Å². The van der Waals surface area contributed by atoms with Gasteiger partial charge in [0.25, 0.3) is 0 Å². The van der Waals surface area contributed by atoms with Gasteiger partial charge in [-0.1, -0.05) is 25.5 Å². The molecule has 0 unspecified atom stereocenters. The first-order valence-corrected chi connectivity index (χ1v) is 7.75. The number of carbonyl (C=O) groups excluding carboxylic acids is 2. The van der Waals surface area contributed by atoms with Gasteiger partial charge in [-0.2, -0.15) is 0 Å². The predicted octanol–water partition coefficient (Wildman–Crippen LogP) is 3.46.